The third-order valence-corrected chi connectivity index (χ3v) is 3.65. The van der Waals surface area contributed by atoms with Gasteiger partial charge in [-0.25, -0.2) is 8.78 Å². The fourth-order valence-electron chi connectivity index (χ4n) is 2.24. The minimum Gasteiger partial charge on any atom is -0.388 e. The second-order valence-corrected chi connectivity index (χ2v) is 5.58. The molecule has 0 aliphatic heterocycles. The van der Waals surface area contributed by atoms with E-state index in [0.717, 1.165) is 5.56 Å². The number of aliphatic hydroxyl groups is 1. The van der Waals surface area contributed by atoms with Crippen LogP contribution >= 0.6 is 0 Å². The van der Waals surface area contributed by atoms with Crippen molar-refractivity contribution in [3.05, 3.63) is 70.8 Å². The molecule has 2 rings (SSSR count). The van der Waals surface area contributed by atoms with Crippen LogP contribution in [0.3, 0.4) is 0 Å². The molecule has 1 atom stereocenters. The number of benzene rings is 2. The van der Waals surface area contributed by atoms with E-state index < -0.39 is 12.5 Å². The molecular weight excluding hydrogens is 270 g/mol. The summed E-state index contributed by atoms with van der Waals surface area (Å²) in [6, 6.07) is 14.0. The molecule has 3 heteroatoms. The van der Waals surface area contributed by atoms with Crippen molar-refractivity contribution < 1.29 is 13.9 Å². The summed E-state index contributed by atoms with van der Waals surface area (Å²) in [6.45, 7) is 4.27. The summed E-state index contributed by atoms with van der Waals surface area (Å²) in [5, 5.41) is 10.2. The number of hydrogen-bond donors (Lipinski definition) is 1. The maximum atomic E-state index is 12.5. The average molecular weight is 290 g/mol. The van der Waals surface area contributed by atoms with Crippen molar-refractivity contribution in [2.75, 3.05) is 0 Å². The monoisotopic (exact) mass is 290 g/mol. The molecule has 0 aromatic heterocycles. The smallest absolute Gasteiger partial charge is 0.263 e. The molecule has 1 N–H and O–H groups in total. The Bertz CT molecular complexity index is 559. The zero-order valence-corrected chi connectivity index (χ0v) is 12.3. The molecule has 0 heterocycles. The van der Waals surface area contributed by atoms with E-state index in [1.54, 1.807) is 12.1 Å². The highest BCUT2D eigenvalue weighted by Crippen LogP contribution is 2.24. The van der Waals surface area contributed by atoms with Crippen molar-refractivity contribution >= 4 is 0 Å². The molecule has 21 heavy (non-hydrogen) atoms. The maximum Gasteiger partial charge on any atom is 0.263 e. The molecule has 0 saturated heterocycles. The largest absolute Gasteiger partial charge is 0.388 e. The number of rotatable bonds is 5. The van der Waals surface area contributed by atoms with Gasteiger partial charge in [0, 0.05) is 12.0 Å². The van der Waals surface area contributed by atoms with Gasteiger partial charge in [-0.1, -0.05) is 62.4 Å². The van der Waals surface area contributed by atoms with Crippen LogP contribution < -0.4 is 0 Å². The normalized spacial score (nSPS) is 12.9. The molecule has 1 nitrogen and oxygen atoms in total. The van der Waals surface area contributed by atoms with Crippen LogP contribution in [0.5, 0.6) is 0 Å². The molecule has 0 aliphatic carbocycles. The first kappa shape index (κ1) is 15.6. The fraction of sp³-hybridized carbons (Fsp3) is 0.333. The zero-order valence-electron chi connectivity index (χ0n) is 12.3. The summed E-state index contributed by atoms with van der Waals surface area (Å²) in [5.41, 5.74) is 2.93. The summed E-state index contributed by atoms with van der Waals surface area (Å²) in [7, 11) is 0. The van der Waals surface area contributed by atoms with Crippen molar-refractivity contribution in [2.24, 2.45) is 0 Å². The summed E-state index contributed by atoms with van der Waals surface area (Å²) < 4.78 is 25.0. The Hall–Kier alpha value is -1.74. The van der Waals surface area contributed by atoms with Gasteiger partial charge < -0.3 is 5.11 Å². The quantitative estimate of drug-likeness (QED) is 0.819. The van der Waals surface area contributed by atoms with Crippen LogP contribution in [0, 0.1) is 0 Å². The first-order valence-electron chi connectivity index (χ1n) is 7.12. The van der Waals surface area contributed by atoms with E-state index in [4.69, 9.17) is 0 Å². The third-order valence-electron chi connectivity index (χ3n) is 3.65. The van der Waals surface area contributed by atoms with Gasteiger partial charge in [0.2, 0.25) is 0 Å². The van der Waals surface area contributed by atoms with Crippen molar-refractivity contribution in [2.45, 2.75) is 38.7 Å². The average Bonchev–Trinajstić information content (AvgIpc) is 2.47. The summed E-state index contributed by atoms with van der Waals surface area (Å²) in [5.74, 6) is 0.478. The lowest BCUT2D eigenvalue weighted by molar-refractivity contribution is 0.151. The van der Waals surface area contributed by atoms with Gasteiger partial charge in [0.25, 0.3) is 6.43 Å². The Morgan fingerprint density at radius 3 is 1.76 bits per heavy atom. The number of aliphatic hydroxyl groups excluding tert-OH is 1. The van der Waals surface area contributed by atoms with Gasteiger partial charge in [0.05, 0.1) is 6.10 Å². The molecule has 0 aliphatic rings. The highest BCUT2D eigenvalue weighted by Gasteiger charge is 2.11. The van der Waals surface area contributed by atoms with E-state index in [-0.39, 0.29) is 5.56 Å². The van der Waals surface area contributed by atoms with Crippen LogP contribution in [-0.4, -0.2) is 5.11 Å². The van der Waals surface area contributed by atoms with E-state index >= 15 is 0 Å². The number of hydrogen-bond acceptors (Lipinski definition) is 1. The number of halogens is 2. The number of alkyl halides is 2. The van der Waals surface area contributed by atoms with Crippen LogP contribution in [0.1, 0.15) is 54.5 Å². The van der Waals surface area contributed by atoms with E-state index in [2.05, 4.69) is 26.0 Å². The van der Waals surface area contributed by atoms with Gasteiger partial charge in [-0.2, -0.15) is 0 Å². The molecule has 0 spiro atoms. The molecule has 2 aromatic rings. The molecule has 112 valence electrons. The van der Waals surface area contributed by atoms with Crippen LogP contribution in [0.2, 0.25) is 0 Å². The summed E-state index contributed by atoms with van der Waals surface area (Å²) in [4.78, 5) is 0. The first-order valence-corrected chi connectivity index (χ1v) is 7.12. The van der Waals surface area contributed by atoms with E-state index in [1.807, 2.05) is 12.1 Å². The van der Waals surface area contributed by atoms with Crippen molar-refractivity contribution in [3.63, 3.8) is 0 Å². The van der Waals surface area contributed by atoms with Gasteiger partial charge in [-0.15, -0.1) is 0 Å². The lowest BCUT2D eigenvalue weighted by atomic mass is 9.97. The molecule has 0 bridgehead atoms. The van der Waals surface area contributed by atoms with Crippen molar-refractivity contribution in [1.82, 2.24) is 0 Å². The molecule has 0 fully saturated rings. The summed E-state index contributed by atoms with van der Waals surface area (Å²) in [6.07, 6.45) is -2.67. The molecule has 0 saturated carbocycles. The van der Waals surface area contributed by atoms with Crippen LogP contribution in [0.15, 0.2) is 48.5 Å². The third kappa shape index (κ3) is 4.11. The topological polar surface area (TPSA) is 20.2 Å². The highest BCUT2D eigenvalue weighted by molar-refractivity contribution is 5.29. The fourth-order valence-corrected chi connectivity index (χ4v) is 2.24. The molecule has 2 aromatic carbocycles. The first-order chi connectivity index (χ1) is 9.97. The van der Waals surface area contributed by atoms with Crippen molar-refractivity contribution in [3.8, 4) is 0 Å². The predicted octanol–water partition coefficient (Wildman–Crippen LogP) is 5.02. The zero-order chi connectivity index (χ0) is 15.4. The second-order valence-electron chi connectivity index (χ2n) is 5.58. The molecular formula is C18H20F2O. The molecule has 1 unspecified atom stereocenters. The maximum absolute atomic E-state index is 12.5. The Labute approximate surface area is 124 Å². The van der Waals surface area contributed by atoms with Crippen LogP contribution in [0.25, 0.3) is 0 Å². The second kappa shape index (κ2) is 6.81. The van der Waals surface area contributed by atoms with Gasteiger partial charge in [0.1, 0.15) is 0 Å². The van der Waals surface area contributed by atoms with Crippen LogP contribution in [0.4, 0.5) is 8.78 Å². The van der Waals surface area contributed by atoms with E-state index in [0.29, 0.717) is 17.9 Å². The summed E-state index contributed by atoms with van der Waals surface area (Å²) >= 11 is 0. The van der Waals surface area contributed by atoms with Gasteiger partial charge in [0.15, 0.2) is 0 Å². The molecule has 0 amide bonds. The van der Waals surface area contributed by atoms with Gasteiger partial charge in [-0.3, -0.25) is 0 Å². The minimum absolute atomic E-state index is 0.0211. The van der Waals surface area contributed by atoms with Gasteiger partial charge in [-0.05, 0) is 22.6 Å². The van der Waals surface area contributed by atoms with Crippen LogP contribution in [-0.2, 0) is 6.42 Å². The SMILES string of the molecule is CC(C)c1ccc(CC(O)c2ccc(C(F)F)cc2)cc1. The van der Waals surface area contributed by atoms with Gasteiger partial charge >= 0.3 is 0 Å². The highest BCUT2D eigenvalue weighted by atomic mass is 19.3. The minimum atomic E-state index is -2.47. The van der Waals surface area contributed by atoms with E-state index in [9.17, 15) is 13.9 Å². The molecule has 0 radical (unpaired) electrons. The Morgan fingerprint density at radius 2 is 1.29 bits per heavy atom. The standard InChI is InChI=1S/C18H20F2O/c1-12(2)14-5-3-13(4-6-14)11-17(21)15-7-9-16(10-8-15)18(19)20/h3-10,12,17-18,21H,11H2,1-2H3. The van der Waals surface area contributed by atoms with Crippen molar-refractivity contribution in [1.29, 1.82) is 0 Å². The predicted molar refractivity (Wildman–Crippen MR) is 80.6 cm³/mol. The Kier molecular flexibility index (Phi) is 5.07. The lowest BCUT2D eigenvalue weighted by Gasteiger charge is -2.13. The Morgan fingerprint density at radius 1 is 0.810 bits per heavy atom. The lowest BCUT2D eigenvalue weighted by Crippen LogP contribution is -2.02. The van der Waals surface area contributed by atoms with E-state index in [1.165, 1.54) is 17.7 Å². The Balaban J connectivity index is 2.04.